The van der Waals surface area contributed by atoms with Crippen LogP contribution in [0.1, 0.15) is 123 Å². The molecule has 2 aromatic carbocycles. The van der Waals surface area contributed by atoms with Crippen LogP contribution in [0.2, 0.25) is 0 Å². The number of hydrogen-bond acceptors (Lipinski definition) is 15. The van der Waals surface area contributed by atoms with Gasteiger partial charge in [0, 0.05) is 79.3 Å². The molecule has 5 heterocycles. The van der Waals surface area contributed by atoms with Crippen LogP contribution in [-0.2, 0) is 84.3 Å². The second-order valence-electron chi connectivity index (χ2n) is 20.9. The molecular formula is C58H64FN7O14. The van der Waals surface area contributed by atoms with Gasteiger partial charge in [-0.1, -0.05) is 43.7 Å². The van der Waals surface area contributed by atoms with Crippen LogP contribution in [0.25, 0.3) is 22.3 Å². The van der Waals surface area contributed by atoms with E-state index in [2.05, 4.69) is 16.0 Å². The summed E-state index contributed by atoms with van der Waals surface area (Å²) >= 11 is 0. The molecule has 5 amide bonds. The van der Waals surface area contributed by atoms with Crippen molar-refractivity contribution in [3.63, 3.8) is 0 Å². The minimum Gasteiger partial charge on any atom is -0.480 e. The van der Waals surface area contributed by atoms with E-state index in [1.54, 1.807) is 50.2 Å². The number of cyclic esters (lactones) is 1. The molecule has 2 aromatic heterocycles. The van der Waals surface area contributed by atoms with E-state index in [1.165, 1.54) is 27.7 Å². The zero-order valence-electron chi connectivity index (χ0n) is 44.7. The fourth-order valence-electron chi connectivity index (χ4n) is 11.1. The average molecular weight is 1100 g/mol. The lowest BCUT2D eigenvalue weighted by Gasteiger charge is -2.31. The van der Waals surface area contributed by atoms with Crippen LogP contribution in [0.5, 0.6) is 0 Å². The highest BCUT2D eigenvalue weighted by molar-refractivity contribution is 6.12. The van der Waals surface area contributed by atoms with Crippen molar-refractivity contribution in [1.29, 1.82) is 0 Å². The third-order valence-electron chi connectivity index (χ3n) is 15.4. The minimum absolute atomic E-state index is 0.00976. The Morgan fingerprint density at radius 2 is 1.57 bits per heavy atom. The lowest BCUT2D eigenvalue weighted by Crippen LogP contribution is -2.44. The molecule has 0 saturated carbocycles. The first-order chi connectivity index (χ1) is 38.3. The number of fused-ring (bicyclic) bond motifs is 5. The Morgan fingerprint density at radius 1 is 0.850 bits per heavy atom. The lowest BCUT2D eigenvalue weighted by molar-refractivity contribution is -0.172. The van der Waals surface area contributed by atoms with Crippen LogP contribution in [0.3, 0.4) is 0 Å². The summed E-state index contributed by atoms with van der Waals surface area (Å²) in [4.78, 5) is 148. The Balaban J connectivity index is 0.833. The van der Waals surface area contributed by atoms with Crippen molar-refractivity contribution in [1.82, 2.24) is 35.3 Å². The molecular weight excluding hydrogens is 1040 g/mol. The summed E-state index contributed by atoms with van der Waals surface area (Å²) in [6, 6.07) is 11.1. The van der Waals surface area contributed by atoms with Crippen molar-refractivity contribution in [2.75, 3.05) is 39.3 Å². The van der Waals surface area contributed by atoms with Gasteiger partial charge in [0.2, 0.25) is 17.7 Å². The van der Waals surface area contributed by atoms with E-state index >= 15 is 4.39 Å². The molecule has 4 aliphatic rings. The Morgan fingerprint density at radius 3 is 2.30 bits per heavy atom. The zero-order valence-corrected chi connectivity index (χ0v) is 44.7. The number of ether oxygens (including phenoxy) is 1. The number of aliphatic hydroxyl groups is 1. The second kappa shape index (κ2) is 25.3. The van der Waals surface area contributed by atoms with Crippen molar-refractivity contribution < 1.29 is 67.3 Å². The molecule has 80 heavy (non-hydrogen) atoms. The molecule has 0 spiro atoms. The molecule has 0 radical (unpaired) electrons. The van der Waals surface area contributed by atoms with Crippen molar-refractivity contribution >= 4 is 69.7 Å². The number of Topliss-reactive ketones (excluding diaryl/α,β-unsaturated/α-hetero) is 3. The molecule has 1 aliphatic carbocycles. The number of nitrogens with zero attached hydrogens (tertiary/aromatic N) is 4. The van der Waals surface area contributed by atoms with Gasteiger partial charge in [-0.15, -0.1) is 0 Å². The van der Waals surface area contributed by atoms with Crippen LogP contribution in [0, 0.1) is 18.7 Å². The summed E-state index contributed by atoms with van der Waals surface area (Å²) in [5, 5.41) is 30.0. The van der Waals surface area contributed by atoms with E-state index in [0.717, 1.165) is 10.5 Å². The summed E-state index contributed by atoms with van der Waals surface area (Å²) in [6.45, 7) is 1.52. The number of hydrogen-bond donors (Lipinski definition) is 5. The predicted octanol–water partition coefficient (Wildman–Crippen LogP) is 3.25. The summed E-state index contributed by atoms with van der Waals surface area (Å²) in [7, 11) is 0. The maximum Gasteiger partial charge on any atom is 0.343 e. The largest absolute Gasteiger partial charge is 0.480 e. The van der Waals surface area contributed by atoms with Crippen molar-refractivity contribution in [2.45, 2.75) is 122 Å². The molecule has 22 heteroatoms. The van der Waals surface area contributed by atoms with E-state index < -0.39 is 70.9 Å². The molecule has 3 aliphatic heterocycles. The van der Waals surface area contributed by atoms with Crippen molar-refractivity contribution in [3.05, 3.63) is 110 Å². The number of carboxylic acid groups (broad SMARTS) is 1. The van der Waals surface area contributed by atoms with E-state index in [-0.39, 0.29) is 137 Å². The number of pyridine rings is 2. The molecule has 422 valence electrons. The zero-order chi connectivity index (χ0) is 57.4. The summed E-state index contributed by atoms with van der Waals surface area (Å²) in [6.07, 6.45) is 4.71. The third-order valence-corrected chi connectivity index (χ3v) is 15.4. The van der Waals surface area contributed by atoms with E-state index in [9.17, 15) is 63.0 Å². The Labute approximate surface area is 459 Å². The number of carbonyl (C=O) groups is 10. The third kappa shape index (κ3) is 13.1. The van der Waals surface area contributed by atoms with Gasteiger partial charge in [0.15, 0.2) is 17.2 Å². The number of halogens is 1. The number of imide groups is 1. The Hall–Kier alpha value is -8.11. The number of aliphatic carboxylic acids is 1. The number of esters is 1. The van der Waals surface area contributed by atoms with E-state index in [4.69, 9.17) is 9.72 Å². The van der Waals surface area contributed by atoms with Gasteiger partial charge in [0.05, 0.1) is 61.2 Å². The summed E-state index contributed by atoms with van der Waals surface area (Å²) in [5.41, 5.74) is 1.66. The number of nitrogens with one attached hydrogen (secondary N) is 3. The molecule has 0 fully saturated rings. The second-order valence-corrected chi connectivity index (χ2v) is 20.9. The first-order valence-electron chi connectivity index (χ1n) is 27.0. The quantitative estimate of drug-likeness (QED) is 0.0273. The highest BCUT2D eigenvalue weighted by Crippen LogP contribution is 2.46. The van der Waals surface area contributed by atoms with E-state index in [0.29, 0.717) is 71.1 Å². The molecule has 4 aromatic rings. The number of unbranched alkanes of at least 4 members (excludes halogenated alkanes) is 2. The van der Waals surface area contributed by atoms with Gasteiger partial charge >= 0.3 is 11.9 Å². The highest BCUT2D eigenvalue weighted by Gasteiger charge is 2.46. The fraction of sp³-hybridized carbons (Fsp3) is 0.448. The minimum atomic E-state index is -2.08. The molecule has 3 atom stereocenters. The number of aryl methyl sites for hydroxylation is 1. The number of amides is 5. The SMILES string of the molecule is CC[C@@]1(O)C(=O)OCc2c1cc1n(c2=O)Cc2c-1nc1cc(F)c(C)c3c1c2[C@@H](NC(=O)CN(CCCC(=O)CNC(=O)[C@@H](CC(=O)CNC(=O)CCC(=O)CCCCCN1C(=O)C=CC1=O)Cc1ccccc1)CC(=O)O)CC3. The first kappa shape index (κ1) is 58.0. The predicted molar refractivity (Wildman–Crippen MR) is 285 cm³/mol. The lowest BCUT2D eigenvalue weighted by atomic mass is 9.81. The summed E-state index contributed by atoms with van der Waals surface area (Å²) in [5.74, 6) is -6.82. The van der Waals surface area contributed by atoms with Crippen molar-refractivity contribution in [3.8, 4) is 11.4 Å². The fourth-order valence-corrected chi connectivity index (χ4v) is 11.1. The monoisotopic (exact) mass is 1100 g/mol. The smallest absolute Gasteiger partial charge is 0.343 e. The van der Waals surface area contributed by atoms with Crippen LogP contribution in [-0.4, -0.2) is 128 Å². The Bertz CT molecular complexity index is 3270. The van der Waals surface area contributed by atoms with Crippen LogP contribution in [0.15, 0.2) is 59.4 Å². The molecule has 5 N–H and O–H groups in total. The highest BCUT2D eigenvalue weighted by atomic mass is 19.1. The maximum absolute atomic E-state index is 15.5. The number of carbonyl (C=O) groups excluding carboxylic acids is 9. The van der Waals surface area contributed by atoms with Gasteiger partial charge in [-0.25, -0.2) is 14.2 Å². The van der Waals surface area contributed by atoms with E-state index in [1.807, 2.05) is 0 Å². The van der Waals surface area contributed by atoms with Gasteiger partial charge < -0.3 is 35.5 Å². The number of ketones is 3. The molecule has 0 saturated heterocycles. The maximum atomic E-state index is 15.5. The number of aromatic nitrogens is 2. The summed E-state index contributed by atoms with van der Waals surface area (Å²) < 4.78 is 22.2. The van der Waals surface area contributed by atoms with Crippen LogP contribution < -0.4 is 21.5 Å². The van der Waals surface area contributed by atoms with Gasteiger partial charge in [-0.2, -0.15) is 0 Å². The molecule has 21 nitrogen and oxygen atoms in total. The van der Waals surface area contributed by atoms with Gasteiger partial charge in [0.1, 0.15) is 18.2 Å². The van der Waals surface area contributed by atoms with Crippen molar-refractivity contribution in [2.24, 2.45) is 5.92 Å². The number of rotatable bonds is 28. The number of carboxylic acids is 1. The standard InChI is InChI=1S/C58H64FN7O14/c1-3-58(79)42-25-46-54-40(29-66(46)56(77)41(42)32-80-57(58)78)53-44(17-16-39-33(2)43(59)26-45(63-54)52(39)53)62-48(71)30-64(31-51(74)75)21-10-14-37(68)27-61-55(76)35(23-34-11-6-4-7-12-34)24-38(69)28-60-47(70)18-15-36(67)13-8-5-9-22-65-49(72)19-20-50(65)73/h4,6-7,11-12,19-20,25-26,35,44,79H,3,5,8-10,13-18,21-24,27-32H2,1-2H3,(H,60,70)(H,61,76)(H,62,71)(H,74,75)/t35-,44+,58+/m1/s1. The van der Waals surface area contributed by atoms with Gasteiger partial charge in [-0.3, -0.25) is 57.7 Å². The van der Waals surface area contributed by atoms with Gasteiger partial charge in [-0.05, 0) is 86.7 Å². The number of benzene rings is 2. The van der Waals surface area contributed by atoms with Gasteiger partial charge in [0.25, 0.3) is 17.4 Å². The normalized spacial score (nSPS) is 17.2. The topological polar surface area (TPSA) is 298 Å². The molecule has 0 unspecified atom stereocenters. The average Bonchev–Trinajstić information content (AvgIpc) is 4.00. The first-order valence-corrected chi connectivity index (χ1v) is 27.0. The Kier molecular flexibility index (Phi) is 18.4. The van der Waals surface area contributed by atoms with Crippen LogP contribution in [0.4, 0.5) is 4.39 Å². The molecule has 0 bridgehead atoms. The van der Waals surface area contributed by atoms with Crippen LogP contribution >= 0.6 is 0 Å². The molecule has 8 rings (SSSR count).